The van der Waals surface area contributed by atoms with E-state index in [1.807, 2.05) is 0 Å². The third kappa shape index (κ3) is 2.70. The highest BCUT2D eigenvalue weighted by molar-refractivity contribution is 5.29. The molecule has 1 N–H and O–H groups in total. The molecule has 6 heteroatoms. The van der Waals surface area contributed by atoms with Crippen LogP contribution >= 0.6 is 0 Å². The number of hydrogen-bond donors (Lipinski definition) is 1. The Morgan fingerprint density at radius 3 is 2.56 bits per heavy atom. The van der Waals surface area contributed by atoms with Crippen molar-refractivity contribution in [1.29, 1.82) is 0 Å². The van der Waals surface area contributed by atoms with Gasteiger partial charge in [-0.15, -0.1) is 0 Å². The first-order chi connectivity index (χ1) is 8.50. The second-order valence-corrected chi connectivity index (χ2v) is 3.86. The number of aromatic nitrogens is 2. The number of hydrogen-bond acceptors (Lipinski definition) is 2. The number of nitrogens with zero attached hydrogens (tertiary/aromatic N) is 2. The fourth-order valence-electron chi connectivity index (χ4n) is 1.68. The van der Waals surface area contributed by atoms with Gasteiger partial charge >= 0.3 is 6.18 Å². The van der Waals surface area contributed by atoms with Crippen molar-refractivity contribution in [2.75, 3.05) is 0 Å². The molecule has 0 aliphatic heterocycles. The molecule has 0 fully saturated rings. The van der Waals surface area contributed by atoms with E-state index in [4.69, 9.17) is 5.11 Å². The van der Waals surface area contributed by atoms with Gasteiger partial charge in [-0.2, -0.15) is 18.3 Å². The van der Waals surface area contributed by atoms with Crippen LogP contribution in [-0.4, -0.2) is 14.9 Å². The van der Waals surface area contributed by atoms with Gasteiger partial charge in [0.2, 0.25) is 0 Å². The average molecular weight is 256 g/mol. The molecule has 0 amide bonds. The summed E-state index contributed by atoms with van der Waals surface area (Å²) >= 11 is 0. The molecule has 1 aromatic carbocycles. The molecule has 96 valence electrons. The van der Waals surface area contributed by atoms with Crippen molar-refractivity contribution in [2.24, 2.45) is 0 Å². The van der Waals surface area contributed by atoms with Crippen LogP contribution in [0.15, 0.2) is 36.7 Å². The summed E-state index contributed by atoms with van der Waals surface area (Å²) in [5.41, 5.74) is 0.0585. The minimum atomic E-state index is -4.37. The molecule has 1 heterocycles. The van der Waals surface area contributed by atoms with Gasteiger partial charge in [-0.3, -0.25) is 4.68 Å². The summed E-state index contributed by atoms with van der Waals surface area (Å²) in [5, 5.41) is 12.8. The predicted molar refractivity (Wildman–Crippen MR) is 58.7 cm³/mol. The zero-order valence-electron chi connectivity index (χ0n) is 9.35. The number of benzene rings is 1. The van der Waals surface area contributed by atoms with Gasteiger partial charge in [0, 0.05) is 11.8 Å². The van der Waals surface area contributed by atoms with Crippen LogP contribution in [0.1, 0.15) is 16.7 Å². The quantitative estimate of drug-likeness (QED) is 0.916. The largest absolute Gasteiger partial charge is 0.416 e. The van der Waals surface area contributed by atoms with Crippen LogP contribution in [0, 0.1) is 0 Å². The van der Waals surface area contributed by atoms with E-state index < -0.39 is 11.7 Å². The Kier molecular flexibility index (Phi) is 3.38. The minimum absolute atomic E-state index is 0.0235. The van der Waals surface area contributed by atoms with Crippen LogP contribution in [0.2, 0.25) is 0 Å². The van der Waals surface area contributed by atoms with Crippen molar-refractivity contribution in [3.63, 3.8) is 0 Å². The highest BCUT2D eigenvalue weighted by Crippen LogP contribution is 2.32. The maximum absolute atomic E-state index is 12.8. The van der Waals surface area contributed by atoms with E-state index in [0.717, 1.165) is 6.07 Å². The van der Waals surface area contributed by atoms with Crippen LogP contribution in [0.5, 0.6) is 0 Å². The van der Waals surface area contributed by atoms with Crippen LogP contribution < -0.4 is 0 Å². The Hall–Kier alpha value is -1.82. The van der Waals surface area contributed by atoms with Gasteiger partial charge in [0.05, 0.1) is 24.9 Å². The van der Waals surface area contributed by atoms with E-state index in [1.54, 1.807) is 6.07 Å². The Bertz CT molecular complexity index is 534. The normalized spacial score (nSPS) is 11.8. The number of alkyl halides is 3. The van der Waals surface area contributed by atoms with Crippen LogP contribution in [0.4, 0.5) is 13.2 Å². The highest BCUT2D eigenvalue weighted by atomic mass is 19.4. The highest BCUT2D eigenvalue weighted by Gasteiger charge is 2.32. The van der Waals surface area contributed by atoms with E-state index in [0.29, 0.717) is 5.56 Å². The molecule has 0 aliphatic carbocycles. The van der Waals surface area contributed by atoms with Gasteiger partial charge in [-0.25, -0.2) is 0 Å². The zero-order valence-corrected chi connectivity index (χ0v) is 9.35. The van der Waals surface area contributed by atoms with Crippen molar-refractivity contribution in [2.45, 2.75) is 19.3 Å². The standard InChI is InChI=1S/C12H11F3N2O/c13-12(14,15)11-4-2-1-3-10(11)7-17-6-9(8-18)5-16-17/h1-6,18H,7-8H2. The van der Waals surface area contributed by atoms with E-state index in [1.165, 1.54) is 29.2 Å². The molecule has 0 aliphatic rings. The number of halogens is 3. The van der Waals surface area contributed by atoms with Crippen molar-refractivity contribution in [1.82, 2.24) is 9.78 Å². The number of rotatable bonds is 3. The maximum atomic E-state index is 12.8. The number of aliphatic hydroxyl groups is 1. The molecule has 2 rings (SSSR count). The molecular formula is C12H11F3N2O. The number of aliphatic hydroxyl groups excluding tert-OH is 1. The Morgan fingerprint density at radius 1 is 1.22 bits per heavy atom. The molecule has 2 aromatic rings. The van der Waals surface area contributed by atoms with Gasteiger partial charge in [0.1, 0.15) is 0 Å². The summed E-state index contributed by atoms with van der Waals surface area (Å²) in [4.78, 5) is 0. The van der Waals surface area contributed by atoms with Gasteiger partial charge in [0.15, 0.2) is 0 Å². The zero-order chi connectivity index (χ0) is 13.2. The van der Waals surface area contributed by atoms with Crippen LogP contribution in [0.25, 0.3) is 0 Å². The Balaban J connectivity index is 2.29. The smallest absolute Gasteiger partial charge is 0.392 e. The molecule has 18 heavy (non-hydrogen) atoms. The second kappa shape index (κ2) is 4.81. The summed E-state index contributed by atoms with van der Waals surface area (Å²) in [7, 11) is 0. The third-order valence-electron chi connectivity index (χ3n) is 2.52. The molecular weight excluding hydrogens is 245 g/mol. The fraction of sp³-hybridized carbons (Fsp3) is 0.250. The average Bonchev–Trinajstić information content (AvgIpc) is 2.76. The van der Waals surface area contributed by atoms with Crippen molar-refractivity contribution >= 4 is 0 Å². The van der Waals surface area contributed by atoms with Crippen molar-refractivity contribution in [3.05, 3.63) is 53.3 Å². The van der Waals surface area contributed by atoms with E-state index in [-0.39, 0.29) is 18.7 Å². The van der Waals surface area contributed by atoms with E-state index in [9.17, 15) is 13.2 Å². The lowest BCUT2D eigenvalue weighted by atomic mass is 10.1. The Labute approximate surface area is 101 Å². The Morgan fingerprint density at radius 2 is 1.94 bits per heavy atom. The molecule has 0 radical (unpaired) electrons. The first-order valence-electron chi connectivity index (χ1n) is 5.28. The summed E-state index contributed by atoms with van der Waals surface area (Å²) in [6, 6.07) is 5.38. The summed E-state index contributed by atoms with van der Waals surface area (Å²) in [5.74, 6) is 0. The van der Waals surface area contributed by atoms with Crippen LogP contribution in [0.3, 0.4) is 0 Å². The van der Waals surface area contributed by atoms with Gasteiger partial charge in [-0.1, -0.05) is 18.2 Å². The van der Waals surface area contributed by atoms with Crippen LogP contribution in [-0.2, 0) is 19.3 Å². The van der Waals surface area contributed by atoms with Gasteiger partial charge in [-0.05, 0) is 11.6 Å². The third-order valence-corrected chi connectivity index (χ3v) is 2.52. The van der Waals surface area contributed by atoms with Crippen molar-refractivity contribution in [3.8, 4) is 0 Å². The summed E-state index contributed by atoms with van der Waals surface area (Å²) in [6.07, 6.45) is -1.42. The van der Waals surface area contributed by atoms with Gasteiger partial charge in [0.25, 0.3) is 0 Å². The molecule has 0 saturated heterocycles. The fourth-order valence-corrected chi connectivity index (χ4v) is 1.68. The second-order valence-electron chi connectivity index (χ2n) is 3.86. The SMILES string of the molecule is OCc1cnn(Cc2ccccc2C(F)(F)F)c1. The first-order valence-corrected chi connectivity index (χ1v) is 5.28. The molecule has 0 spiro atoms. The first kappa shape index (κ1) is 12.6. The van der Waals surface area contributed by atoms with E-state index >= 15 is 0 Å². The maximum Gasteiger partial charge on any atom is 0.416 e. The lowest BCUT2D eigenvalue weighted by molar-refractivity contribution is -0.138. The molecule has 3 nitrogen and oxygen atoms in total. The predicted octanol–water partition coefficient (Wildman–Crippen LogP) is 2.44. The van der Waals surface area contributed by atoms with Gasteiger partial charge < -0.3 is 5.11 Å². The molecule has 1 aromatic heterocycles. The van der Waals surface area contributed by atoms with E-state index in [2.05, 4.69) is 5.10 Å². The minimum Gasteiger partial charge on any atom is -0.392 e. The molecule has 0 unspecified atom stereocenters. The molecule has 0 saturated carbocycles. The lowest BCUT2D eigenvalue weighted by Gasteiger charge is -2.12. The monoisotopic (exact) mass is 256 g/mol. The summed E-state index contributed by atoms with van der Waals surface area (Å²) in [6.45, 7) is -0.156. The van der Waals surface area contributed by atoms with Crippen molar-refractivity contribution < 1.29 is 18.3 Å². The topological polar surface area (TPSA) is 38.1 Å². The lowest BCUT2D eigenvalue weighted by Crippen LogP contribution is -2.11. The summed E-state index contributed by atoms with van der Waals surface area (Å²) < 4.78 is 39.6. The molecule has 0 bridgehead atoms. The molecule has 0 atom stereocenters.